The van der Waals surface area contributed by atoms with Gasteiger partial charge in [-0.05, 0) is 30.7 Å². The number of aryl methyl sites for hydroxylation is 1. The first-order valence-electron chi connectivity index (χ1n) is 11.4. The second kappa shape index (κ2) is 9.37. The van der Waals surface area contributed by atoms with E-state index < -0.39 is 0 Å². The van der Waals surface area contributed by atoms with Crippen LogP contribution in [0.25, 0.3) is 22.2 Å². The van der Waals surface area contributed by atoms with Crippen LogP contribution < -0.4 is 4.90 Å². The number of hydrogen-bond donors (Lipinski definition) is 0. The molecule has 0 N–H and O–H groups in total. The van der Waals surface area contributed by atoms with Crippen molar-refractivity contribution >= 4 is 33.3 Å². The Labute approximate surface area is 198 Å². The summed E-state index contributed by atoms with van der Waals surface area (Å²) in [5, 5.41) is 1.14. The standard InChI is InChI=1S/C26H28N4O2S/c1-3-30-22-12-8-7-11-21(22)27-24(30)18-28(2)25(31)23-17-20(19-9-5-4-6-10-19)26(33-23)29-13-15-32-16-14-29/h4-12,17H,3,13-16,18H2,1-2H3. The highest BCUT2D eigenvalue weighted by Crippen LogP contribution is 2.40. The number of benzene rings is 2. The average molecular weight is 461 g/mol. The zero-order valence-corrected chi connectivity index (χ0v) is 19.8. The minimum atomic E-state index is 0.0198. The third-order valence-electron chi connectivity index (χ3n) is 6.08. The molecule has 2 aromatic heterocycles. The lowest BCUT2D eigenvalue weighted by atomic mass is 10.1. The van der Waals surface area contributed by atoms with Crippen molar-refractivity contribution in [2.75, 3.05) is 38.3 Å². The van der Waals surface area contributed by atoms with E-state index in [-0.39, 0.29) is 5.91 Å². The van der Waals surface area contributed by atoms with Crippen molar-refractivity contribution in [3.63, 3.8) is 0 Å². The molecular weight excluding hydrogens is 432 g/mol. The molecule has 3 heterocycles. The van der Waals surface area contributed by atoms with Gasteiger partial charge in [-0.15, -0.1) is 11.3 Å². The summed E-state index contributed by atoms with van der Waals surface area (Å²) in [5.74, 6) is 0.925. The van der Waals surface area contributed by atoms with Crippen LogP contribution in [0.4, 0.5) is 5.00 Å². The van der Waals surface area contributed by atoms with Crippen molar-refractivity contribution in [2.24, 2.45) is 0 Å². The van der Waals surface area contributed by atoms with Crippen molar-refractivity contribution in [3.05, 3.63) is 71.4 Å². The molecule has 1 amide bonds. The molecular formula is C26H28N4O2S. The van der Waals surface area contributed by atoms with Gasteiger partial charge in [0, 0.05) is 32.2 Å². The number of thiophene rings is 1. The monoisotopic (exact) mass is 460 g/mol. The van der Waals surface area contributed by atoms with Gasteiger partial charge in [-0.2, -0.15) is 0 Å². The first kappa shape index (κ1) is 21.7. The minimum Gasteiger partial charge on any atom is -0.378 e. The molecule has 170 valence electrons. The first-order valence-corrected chi connectivity index (χ1v) is 12.2. The summed E-state index contributed by atoms with van der Waals surface area (Å²) in [5.41, 5.74) is 4.31. The van der Waals surface area contributed by atoms with E-state index in [4.69, 9.17) is 9.72 Å². The molecule has 1 fully saturated rings. The minimum absolute atomic E-state index is 0.0198. The molecule has 1 saturated heterocycles. The van der Waals surface area contributed by atoms with E-state index in [9.17, 15) is 4.79 Å². The molecule has 5 rings (SSSR count). The maximum Gasteiger partial charge on any atom is 0.264 e. The molecule has 0 radical (unpaired) electrons. The van der Waals surface area contributed by atoms with Gasteiger partial charge in [-0.25, -0.2) is 4.98 Å². The van der Waals surface area contributed by atoms with Crippen LogP contribution >= 0.6 is 11.3 Å². The Hall–Kier alpha value is -3.16. The van der Waals surface area contributed by atoms with Crippen molar-refractivity contribution < 1.29 is 9.53 Å². The fourth-order valence-electron chi connectivity index (χ4n) is 4.38. The number of nitrogens with zero attached hydrogens (tertiary/aromatic N) is 4. The van der Waals surface area contributed by atoms with Gasteiger partial charge in [0.05, 0.1) is 40.7 Å². The molecule has 0 saturated carbocycles. The number of carbonyl (C=O) groups excluding carboxylic acids is 1. The van der Waals surface area contributed by atoms with Crippen LogP contribution in [0.1, 0.15) is 22.4 Å². The topological polar surface area (TPSA) is 50.6 Å². The predicted octanol–water partition coefficient (Wildman–Crippen LogP) is 4.89. The molecule has 0 spiro atoms. The number of anilines is 1. The largest absolute Gasteiger partial charge is 0.378 e. The number of hydrogen-bond acceptors (Lipinski definition) is 5. The Morgan fingerprint density at radius 3 is 2.58 bits per heavy atom. The molecule has 7 heteroatoms. The molecule has 6 nitrogen and oxygen atoms in total. The summed E-state index contributed by atoms with van der Waals surface area (Å²) in [7, 11) is 1.86. The summed E-state index contributed by atoms with van der Waals surface area (Å²) in [6, 6.07) is 20.5. The average Bonchev–Trinajstić information content (AvgIpc) is 3.46. The van der Waals surface area contributed by atoms with E-state index in [1.165, 1.54) is 0 Å². The smallest absolute Gasteiger partial charge is 0.264 e. The zero-order valence-electron chi connectivity index (χ0n) is 19.0. The molecule has 2 aromatic carbocycles. The molecule has 0 unspecified atom stereocenters. The normalized spacial score (nSPS) is 14.1. The summed E-state index contributed by atoms with van der Waals surface area (Å²) in [6.45, 7) is 6.49. The summed E-state index contributed by atoms with van der Waals surface area (Å²) >= 11 is 1.57. The second-order valence-corrected chi connectivity index (χ2v) is 9.25. The lowest BCUT2D eigenvalue weighted by Crippen LogP contribution is -2.35. The van der Waals surface area contributed by atoms with Gasteiger partial charge in [-0.1, -0.05) is 42.5 Å². The van der Waals surface area contributed by atoms with E-state index in [0.29, 0.717) is 19.8 Å². The first-order chi connectivity index (χ1) is 16.2. The van der Waals surface area contributed by atoms with Gasteiger partial charge in [0.25, 0.3) is 5.91 Å². The van der Waals surface area contributed by atoms with E-state index in [0.717, 1.165) is 57.5 Å². The highest BCUT2D eigenvalue weighted by atomic mass is 32.1. The Balaban J connectivity index is 1.45. The van der Waals surface area contributed by atoms with Crippen LogP contribution in [0.5, 0.6) is 0 Å². The molecule has 0 atom stereocenters. The number of carbonyl (C=O) groups is 1. The zero-order chi connectivity index (χ0) is 22.8. The molecule has 1 aliphatic heterocycles. The molecule has 33 heavy (non-hydrogen) atoms. The SMILES string of the molecule is CCn1c(CN(C)C(=O)c2cc(-c3ccccc3)c(N3CCOCC3)s2)nc2ccccc21. The Kier molecular flexibility index (Phi) is 6.15. The molecule has 0 bridgehead atoms. The number of para-hydroxylation sites is 2. The van der Waals surface area contributed by atoms with Gasteiger partial charge < -0.3 is 19.1 Å². The predicted molar refractivity (Wildman–Crippen MR) is 134 cm³/mol. The summed E-state index contributed by atoms with van der Waals surface area (Å²) in [6.07, 6.45) is 0. The number of amides is 1. The number of morpholine rings is 1. The van der Waals surface area contributed by atoms with Crippen molar-refractivity contribution in [2.45, 2.75) is 20.0 Å². The van der Waals surface area contributed by atoms with Crippen LogP contribution in [0.2, 0.25) is 0 Å². The van der Waals surface area contributed by atoms with Gasteiger partial charge in [0.2, 0.25) is 0 Å². The van der Waals surface area contributed by atoms with Gasteiger partial charge in [0.1, 0.15) is 5.82 Å². The van der Waals surface area contributed by atoms with E-state index in [2.05, 4.69) is 34.6 Å². The van der Waals surface area contributed by atoms with Crippen LogP contribution in [-0.4, -0.2) is 53.7 Å². The van der Waals surface area contributed by atoms with E-state index >= 15 is 0 Å². The maximum absolute atomic E-state index is 13.5. The van der Waals surface area contributed by atoms with Gasteiger partial charge in [-0.3, -0.25) is 4.79 Å². The third kappa shape index (κ3) is 4.26. The fourth-order valence-corrected chi connectivity index (χ4v) is 5.61. The maximum atomic E-state index is 13.5. The highest BCUT2D eigenvalue weighted by Gasteiger charge is 2.24. The van der Waals surface area contributed by atoms with E-state index in [1.54, 1.807) is 16.2 Å². The van der Waals surface area contributed by atoms with Crippen molar-refractivity contribution in [3.8, 4) is 11.1 Å². The number of imidazole rings is 1. The van der Waals surface area contributed by atoms with Gasteiger partial charge in [0.15, 0.2) is 0 Å². The van der Waals surface area contributed by atoms with Crippen LogP contribution in [-0.2, 0) is 17.8 Å². The molecule has 0 aliphatic carbocycles. The Morgan fingerprint density at radius 1 is 1.09 bits per heavy atom. The van der Waals surface area contributed by atoms with Crippen LogP contribution in [0.15, 0.2) is 60.7 Å². The molecule has 1 aliphatic rings. The quantitative estimate of drug-likeness (QED) is 0.411. The van der Waals surface area contributed by atoms with Crippen LogP contribution in [0.3, 0.4) is 0 Å². The lowest BCUT2D eigenvalue weighted by molar-refractivity contribution is 0.0785. The summed E-state index contributed by atoms with van der Waals surface area (Å²) in [4.78, 5) is 23.2. The van der Waals surface area contributed by atoms with Gasteiger partial charge >= 0.3 is 0 Å². The Morgan fingerprint density at radius 2 is 1.82 bits per heavy atom. The van der Waals surface area contributed by atoms with Crippen LogP contribution in [0, 0.1) is 0 Å². The van der Waals surface area contributed by atoms with E-state index in [1.807, 2.05) is 49.5 Å². The fraction of sp³-hybridized carbons (Fsp3) is 0.308. The summed E-state index contributed by atoms with van der Waals surface area (Å²) < 4.78 is 7.73. The molecule has 4 aromatic rings. The number of aromatic nitrogens is 2. The number of ether oxygens (including phenoxy) is 1. The van der Waals surface area contributed by atoms with Crippen molar-refractivity contribution in [1.82, 2.24) is 14.5 Å². The Bertz CT molecular complexity index is 1260. The third-order valence-corrected chi connectivity index (χ3v) is 7.27. The number of rotatable bonds is 6. The number of fused-ring (bicyclic) bond motifs is 1. The lowest BCUT2D eigenvalue weighted by Gasteiger charge is -2.28. The second-order valence-electron chi connectivity index (χ2n) is 8.22. The highest BCUT2D eigenvalue weighted by molar-refractivity contribution is 7.18. The van der Waals surface area contributed by atoms with Crippen molar-refractivity contribution in [1.29, 1.82) is 0 Å².